The number of aromatic amines is 1. The lowest BCUT2D eigenvalue weighted by molar-refractivity contribution is -0.0765. The topological polar surface area (TPSA) is 158 Å². The van der Waals surface area contributed by atoms with Crippen molar-refractivity contribution in [3.63, 3.8) is 0 Å². The maximum absolute atomic E-state index is 13.2. The molecule has 6 N–H and O–H groups in total. The summed E-state index contributed by atoms with van der Waals surface area (Å²) >= 11 is 0. The van der Waals surface area contributed by atoms with Crippen molar-refractivity contribution in [3.05, 3.63) is 32.9 Å². The molecule has 10 nitrogen and oxygen atoms in total. The van der Waals surface area contributed by atoms with Crippen LogP contribution in [0.3, 0.4) is 0 Å². The molecule has 0 unspecified atom stereocenters. The van der Waals surface area contributed by atoms with Crippen molar-refractivity contribution in [2.24, 2.45) is 0 Å². The van der Waals surface area contributed by atoms with Gasteiger partial charge in [0, 0.05) is 6.42 Å². The highest BCUT2D eigenvalue weighted by molar-refractivity contribution is 7.54. The van der Waals surface area contributed by atoms with Crippen molar-refractivity contribution in [1.82, 2.24) is 15.7 Å². The van der Waals surface area contributed by atoms with Crippen LogP contribution in [-0.2, 0) is 13.8 Å². The van der Waals surface area contributed by atoms with Crippen LogP contribution in [0.2, 0.25) is 0 Å². The van der Waals surface area contributed by atoms with Gasteiger partial charge in [0.15, 0.2) is 0 Å². The van der Waals surface area contributed by atoms with E-state index in [0.717, 1.165) is 10.8 Å². The summed E-state index contributed by atoms with van der Waals surface area (Å²) in [5, 5.41) is 0. The van der Waals surface area contributed by atoms with Crippen LogP contribution in [0.1, 0.15) is 12.6 Å². The third kappa shape index (κ3) is 3.04. The molecule has 3 rings (SSSR count). The smallest absolute Gasteiger partial charge is 0.349 e. The van der Waals surface area contributed by atoms with Crippen LogP contribution in [0.4, 0.5) is 4.39 Å². The number of aromatic nitrogens is 2. The summed E-state index contributed by atoms with van der Waals surface area (Å²) in [6, 6.07) is 0. The summed E-state index contributed by atoms with van der Waals surface area (Å²) in [5.41, 5.74) is -1.94. The Hall–Kier alpha value is -1.20. The van der Waals surface area contributed by atoms with Crippen molar-refractivity contribution in [2.45, 2.75) is 24.9 Å². The minimum Gasteiger partial charge on any atom is -0.349 e. The molecule has 0 bridgehead atoms. The van der Waals surface area contributed by atoms with Gasteiger partial charge in [-0.25, -0.2) is 4.79 Å². The zero-order chi connectivity index (χ0) is 14.5. The molecule has 0 amide bonds. The molecule has 3 heterocycles. The third-order valence-electron chi connectivity index (χ3n) is 3.09. The molecule has 118 valence electrons. The van der Waals surface area contributed by atoms with Gasteiger partial charge in [-0.15, -0.1) is 4.52 Å². The van der Waals surface area contributed by atoms with E-state index in [1.165, 1.54) is 0 Å². The Morgan fingerprint density at radius 2 is 2.10 bits per heavy atom. The van der Waals surface area contributed by atoms with Crippen LogP contribution in [0, 0.1) is 5.82 Å². The first-order valence-corrected chi connectivity index (χ1v) is 7.23. The molecule has 0 saturated carbocycles. The highest BCUT2D eigenvalue weighted by atomic mass is 31.2. The second kappa shape index (κ2) is 5.54. The van der Waals surface area contributed by atoms with E-state index in [2.05, 4.69) is 0 Å². The molecular weight excluding hydrogens is 312 g/mol. The van der Waals surface area contributed by atoms with Gasteiger partial charge in [-0.1, -0.05) is 0 Å². The first-order chi connectivity index (χ1) is 9.35. The minimum atomic E-state index is -3.85. The molecule has 1 aromatic rings. The van der Waals surface area contributed by atoms with Crippen molar-refractivity contribution in [2.75, 3.05) is 6.61 Å². The van der Waals surface area contributed by atoms with Gasteiger partial charge in [-0.2, -0.15) is 18.7 Å². The number of ether oxygens (including phenoxy) is 1. The predicted molar refractivity (Wildman–Crippen MR) is 67.0 cm³/mol. The molecule has 2 saturated heterocycles. The van der Waals surface area contributed by atoms with Gasteiger partial charge in [-0.05, 0) is 0 Å². The number of nitrogens with one attached hydrogen (secondary N) is 1. The Labute approximate surface area is 117 Å². The van der Waals surface area contributed by atoms with E-state index in [1.807, 2.05) is 4.98 Å². The van der Waals surface area contributed by atoms with E-state index >= 15 is 0 Å². The van der Waals surface area contributed by atoms with Crippen LogP contribution in [-0.4, -0.2) is 38.2 Å². The first-order valence-electron chi connectivity index (χ1n) is 5.69. The van der Waals surface area contributed by atoms with Crippen LogP contribution >= 0.6 is 8.17 Å². The summed E-state index contributed by atoms with van der Waals surface area (Å²) < 4.78 is 29.2. The van der Waals surface area contributed by atoms with Crippen LogP contribution in [0.25, 0.3) is 0 Å². The molecule has 2 aliphatic rings. The number of hydrogen-bond acceptors (Lipinski definition) is 8. The van der Waals surface area contributed by atoms with E-state index < -0.39 is 43.7 Å². The number of halogens is 1. The molecule has 1 aromatic heterocycles. The summed E-state index contributed by atoms with van der Waals surface area (Å²) in [4.78, 5) is 43.0. The number of hydrogen-bond donors (Lipinski definition) is 4. The SMILES string of the molecule is N.O=c1[nH]c(=O)n([C@H]2C[C@@H]3O[P+](O)(O)OC[C@H]3O2)cc1F. The van der Waals surface area contributed by atoms with Crippen molar-refractivity contribution in [3.8, 4) is 0 Å². The summed E-state index contributed by atoms with van der Waals surface area (Å²) in [5.74, 6) is -1.12. The molecule has 0 spiro atoms. The molecule has 0 aliphatic carbocycles. The lowest BCUT2D eigenvalue weighted by Crippen LogP contribution is -2.35. The monoisotopic (exact) mass is 326 g/mol. The zero-order valence-corrected chi connectivity index (χ0v) is 11.5. The average molecular weight is 326 g/mol. The average Bonchev–Trinajstić information content (AvgIpc) is 2.74. The number of rotatable bonds is 1. The van der Waals surface area contributed by atoms with Gasteiger partial charge in [0.05, 0.1) is 6.20 Å². The molecule has 2 aliphatic heterocycles. The van der Waals surface area contributed by atoms with Crippen LogP contribution in [0.15, 0.2) is 15.8 Å². The van der Waals surface area contributed by atoms with E-state index in [9.17, 15) is 23.8 Å². The largest absolute Gasteiger partial charge is 0.570 e. The number of fused-ring (bicyclic) bond motifs is 1. The highest BCUT2D eigenvalue weighted by Gasteiger charge is 2.55. The quantitative estimate of drug-likeness (QED) is 0.488. The predicted octanol–water partition coefficient (Wildman–Crippen LogP) is -0.797. The normalized spacial score (nSPS) is 30.5. The fourth-order valence-corrected chi connectivity index (χ4v) is 3.16. The Kier molecular flexibility index (Phi) is 4.26. The lowest BCUT2D eigenvalue weighted by atomic mass is 10.2. The third-order valence-corrected chi connectivity index (χ3v) is 4.13. The Bertz CT molecular complexity index is 647. The second-order valence-electron chi connectivity index (χ2n) is 4.44. The Morgan fingerprint density at radius 1 is 1.38 bits per heavy atom. The number of nitrogens with zero attached hydrogens (tertiary/aromatic N) is 1. The van der Waals surface area contributed by atoms with E-state index in [4.69, 9.17) is 13.8 Å². The molecule has 2 fully saturated rings. The first kappa shape index (κ1) is 16.2. The van der Waals surface area contributed by atoms with Crippen LogP contribution < -0.4 is 17.4 Å². The van der Waals surface area contributed by atoms with Gasteiger partial charge >= 0.3 is 13.9 Å². The summed E-state index contributed by atoms with van der Waals surface area (Å²) in [6.45, 7) is -0.109. The Morgan fingerprint density at radius 3 is 2.81 bits per heavy atom. The standard InChI is InChI=1S/C9H10FN2O7P.H3N/c10-4-2-12(9(14)11-8(4)13)7-1-5-6(18-7)3-17-20(15,16)19-5;/h2,5-7,15-16H,1,3H2;1H3/p+1/t5-,6+,7+;/m0./s1. The molecule has 0 aromatic carbocycles. The Balaban J connectivity index is 0.00000161. The minimum absolute atomic E-state index is 0. The van der Waals surface area contributed by atoms with Crippen molar-refractivity contribution < 1.29 is 28.0 Å². The second-order valence-corrected chi connectivity index (χ2v) is 5.89. The lowest BCUT2D eigenvalue weighted by Gasteiger charge is -2.23. The van der Waals surface area contributed by atoms with E-state index in [1.54, 1.807) is 0 Å². The molecule has 21 heavy (non-hydrogen) atoms. The maximum Gasteiger partial charge on any atom is 0.570 e. The van der Waals surface area contributed by atoms with Gasteiger partial charge in [-0.3, -0.25) is 14.3 Å². The van der Waals surface area contributed by atoms with Gasteiger partial charge in [0.25, 0.3) is 5.56 Å². The molecule has 12 heteroatoms. The summed E-state index contributed by atoms with van der Waals surface area (Å²) in [7, 11) is -3.85. The van der Waals surface area contributed by atoms with E-state index in [-0.39, 0.29) is 19.2 Å². The van der Waals surface area contributed by atoms with Gasteiger partial charge in [0.2, 0.25) is 5.82 Å². The van der Waals surface area contributed by atoms with Crippen LogP contribution in [0.5, 0.6) is 0 Å². The molecular formula is C9H14FN3O7P+. The summed E-state index contributed by atoms with van der Waals surface area (Å²) in [6.07, 6.45) is -1.33. The van der Waals surface area contributed by atoms with Gasteiger partial charge < -0.3 is 10.9 Å². The van der Waals surface area contributed by atoms with Crippen molar-refractivity contribution >= 4 is 8.17 Å². The molecule has 3 atom stereocenters. The van der Waals surface area contributed by atoms with Gasteiger partial charge in [0.1, 0.15) is 25.0 Å². The van der Waals surface area contributed by atoms with E-state index in [0.29, 0.717) is 0 Å². The van der Waals surface area contributed by atoms with Crippen molar-refractivity contribution in [1.29, 1.82) is 0 Å². The fraction of sp³-hybridized carbons (Fsp3) is 0.556. The highest BCUT2D eigenvalue weighted by Crippen LogP contribution is 2.58. The number of H-pyrrole nitrogens is 1. The fourth-order valence-electron chi connectivity index (χ4n) is 2.18. The zero-order valence-electron chi connectivity index (χ0n) is 10.6. The molecule has 0 radical (unpaired) electrons. The maximum atomic E-state index is 13.2.